The molecule has 9 heteroatoms. The summed E-state index contributed by atoms with van der Waals surface area (Å²) in [6, 6.07) is 10.8. The number of nitriles is 1. The van der Waals surface area contributed by atoms with Gasteiger partial charge >= 0.3 is 6.18 Å². The molecule has 1 saturated heterocycles. The van der Waals surface area contributed by atoms with Gasteiger partial charge in [0.15, 0.2) is 5.78 Å². The first-order chi connectivity index (χ1) is 16.1. The largest absolute Gasteiger partial charge is 0.397 e. The molecule has 0 radical (unpaired) electrons. The standard InChI is InChI=1S/C25H23F3N4O2/c1-31-15-20(18-5-8-32(9-6-18)24(34)13-25(26,27)28)19-10-16(2-3-22(19)31)12-23(33)21-11-17(14-29)4-7-30-21/h2-4,7,10-11,15,18H,5-6,8-9,12-13H2,1H3. The highest BCUT2D eigenvalue weighted by atomic mass is 19.4. The SMILES string of the molecule is Cn1cc(C2CCN(C(=O)CC(F)(F)F)CC2)c2cc(CC(=O)c3cc(C#N)ccn3)ccc21. The summed E-state index contributed by atoms with van der Waals surface area (Å²) in [5.74, 6) is -0.956. The van der Waals surface area contributed by atoms with Crippen LogP contribution in [0.25, 0.3) is 10.9 Å². The zero-order valence-electron chi connectivity index (χ0n) is 18.6. The van der Waals surface area contributed by atoms with E-state index < -0.39 is 18.5 Å². The molecule has 1 fully saturated rings. The van der Waals surface area contributed by atoms with Crippen molar-refractivity contribution in [3.8, 4) is 6.07 Å². The van der Waals surface area contributed by atoms with Crippen LogP contribution in [0.15, 0.2) is 42.7 Å². The monoisotopic (exact) mass is 468 g/mol. The van der Waals surface area contributed by atoms with Gasteiger partial charge in [-0.25, -0.2) is 0 Å². The summed E-state index contributed by atoms with van der Waals surface area (Å²) in [4.78, 5) is 30.0. The number of carbonyl (C=O) groups excluding carboxylic acids is 2. The average Bonchev–Trinajstić information content (AvgIpc) is 3.14. The molecule has 4 rings (SSSR count). The fraction of sp³-hybridized carbons (Fsp3) is 0.360. The van der Waals surface area contributed by atoms with Crippen molar-refractivity contribution in [3.05, 3.63) is 65.1 Å². The minimum absolute atomic E-state index is 0.110. The van der Waals surface area contributed by atoms with Gasteiger partial charge in [-0.15, -0.1) is 0 Å². The number of aromatic nitrogens is 2. The van der Waals surface area contributed by atoms with Gasteiger partial charge in [-0.2, -0.15) is 18.4 Å². The van der Waals surface area contributed by atoms with Crippen molar-refractivity contribution in [1.29, 1.82) is 5.26 Å². The lowest BCUT2D eigenvalue weighted by Gasteiger charge is -2.32. The molecule has 3 aromatic rings. The van der Waals surface area contributed by atoms with Crippen molar-refractivity contribution in [3.63, 3.8) is 0 Å². The lowest BCUT2D eigenvalue weighted by atomic mass is 9.88. The number of ketones is 1. The third-order valence-electron chi connectivity index (χ3n) is 6.26. The Morgan fingerprint density at radius 1 is 1.18 bits per heavy atom. The Kier molecular flexibility index (Phi) is 6.42. The maximum atomic E-state index is 12.7. The molecule has 0 N–H and O–H groups in total. The van der Waals surface area contributed by atoms with Crippen molar-refractivity contribution in [2.75, 3.05) is 13.1 Å². The normalized spacial score (nSPS) is 14.9. The van der Waals surface area contributed by atoms with E-state index in [2.05, 4.69) is 4.98 Å². The second-order valence-corrected chi connectivity index (χ2v) is 8.64. The van der Waals surface area contributed by atoms with E-state index >= 15 is 0 Å². The number of nitrogens with zero attached hydrogens (tertiary/aromatic N) is 4. The number of fused-ring (bicyclic) bond motifs is 1. The molecule has 0 bridgehead atoms. The van der Waals surface area contributed by atoms with Crippen LogP contribution in [-0.2, 0) is 18.3 Å². The first-order valence-corrected chi connectivity index (χ1v) is 11.0. The number of carbonyl (C=O) groups is 2. The molecule has 1 aromatic carbocycles. The number of benzene rings is 1. The van der Waals surface area contributed by atoms with Gasteiger partial charge in [0, 0.05) is 49.9 Å². The minimum Gasteiger partial charge on any atom is -0.350 e. The molecule has 0 aliphatic carbocycles. The molecule has 0 unspecified atom stereocenters. The molecule has 176 valence electrons. The molecule has 0 atom stereocenters. The number of amides is 1. The van der Waals surface area contributed by atoms with Crippen molar-refractivity contribution in [1.82, 2.24) is 14.5 Å². The van der Waals surface area contributed by atoms with E-state index in [1.807, 2.05) is 42.1 Å². The number of hydrogen-bond donors (Lipinski definition) is 0. The lowest BCUT2D eigenvalue weighted by Crippen LogP contribution is -2.39. The lowest BCUT2D eigenvalue weighted by molar-refractivity contribution is -0.162. The summed E-state index contributed by atoms with van der Waals surface area (Å²) in [6.45, 7) is 0.574. The van der Waals surface area contributed by atoms with Crippen LogP contribution in [0.1, 0.15) is 52.4 Å². The summed E-state index contributed by atoms with van der Waals surface area (Å²) in [5, 5.41) is 10.0. The van der Waals surface area contributed by atoms with E-state index in [0.717, 1.165) is 22.0 Å². The summed E-state index contributed by atoms with van der Waals surface area (Å²) < 4.78 is 39.7. The summed E-state index contributed by atoms with van der Waals surface area (Å²) in [5.41, 5.74) is 3.49. The van der Waals surface area contributed by atoms with E-state index in [1.165, 1.54) is 17.2 Å². The Labute approximate surface area is 194 Å². The van der Waals surface area contributed by atoms with Crippen molar-refractivity contribution >= 4 is 22.6 Å². The number of hydrogen-bond acceptors (Lipinski definition) is 4. The molecule has 0 saturated carbocycles. The summed E-state index contributed by atoms with van der Waals surface area (Å²) in [7, 11) is 1.93. The third-order valence-corrected chi connectivity index (χ3v) is 6.26. The number of likely N-dealkylation sites (tertiary alicyclic amines) is 1. The Morgan fingerprint density at radius 3 is 2.59 bits per heavy atom. The second-order valence-electron chi connectivity index (χ2n) is 8.64. The summed E-state index contributed by atoms with van der Waals surface area (Å²) in [6.07, 6.45) is -1.16. The van der Waals surface area contributed by atoms with Crippen molar-refractivity contribution < 1.29 is 22.8 Å². The number of rotatable bonds is 5. The number of aryl methyl sites for hydroxylation is 1. The molecule has 2 aromatic heterocycles. The molecule has 1 aliphatic heterocycles. The second kappa shape index (κ2) is 9.29. The molecule has 3 heterocycles. The van der Waals surface area contributed by atoms with Crippen LogP contribution >= 0.6 is 0 Å². The van der Waals surface area contributed by atoms with Gasteiger partial charge in [-0.3, -0.25) is 14.6 Å². The number of Topliss-reactive ketones (excluding diaryl/α,β-unsaturated/α-hetero) is 1. The molecule has 0 spiro atoms. The fourth-order valence-electron chi connectivity index (χ4n) is 4.56. The molecule has 1 amide bonds. The average molecular weight is 468 g/mol. The number of piperidine rings is 1. The maximum Gasteiger partial charge on any atom is 0.397 e. The van der Waals surface area contributed by atoms with Gasteiger partial charge in [0.05, 0.1) is 11.6 Å². The molecule has 1 aliphatic rings. The Morgan fingerprint density at radius 2 is 1.91 bits per heavy atom. The van der Waals surface area contributed by atoms with E-state index in [-0.39, 0.29) is 36.9 Å². The van der Waals surface area contributed by atoms with Crippen molar-refractivity contribution in [2.45, 2.75) is 37.8 Å². The Bertz CT molecular complexity index is 1280. The molecular formula is C25H23F3N4O2. The van der Waals surface area contributed by atoms with Crippen LogP contribution in [0.3, 0.4) is 0 Å². The van der Waals surface area contributed by atoms with Crippen LogP contribution in [0, 0.1) is 11.3 Å². The van der Waals surface area contributed by atoms with E-state index in [1.54, 1.807) is 6.07 Å². The van der Waals surface area contributed by atoms with Gasteiger partial charge in [0.1, 0.15) is 12.1 Å². The van der Waals surface area contributed by atoms with Gasteiger partial charge < -0.3 is 9.47 Å². The van der Waals surface area contributed by atoms with Crippen LogP contribution in [-0.4, -0.2) is 45.4 Å². The topological polar surface area (TPSA) is 79.0 Å². The highest BCUT2D eigenvalue weighted by Gasteiger charge is 2.35. The van der Waals surface area contributed by atoms with Gasteiger partial charge in [0.2, 0.25) is 5.91 Å². The van der Waals surface area contributed by atoms with Crippen LogP contribution in [0.4, 0.5) is 13.2 Å². The van der Waals surface area contributed by atoms with Gasteiger partial charge in [-0.1, -0.05) is 6.07 Å². The molecular weight excluding hydrogens is 445 g/mol. The molecule has 6 nitrogen and oxygen atoms in total. The van der Waals surface area contributed by atoms with Crippen LogP contribution < -0.4 is 0 Å². The van der Waals surface area contributed by atoms with E-state index in [0.29, 0.717) is 18.4 Å². The highest BCUT2D eigenvalue weighted by molar-refractivity contribution is 5.97. The predicted molar refractivity (Wildman–Crippen MR) is 119 cm³/mol. The van der Waals surface area contributed by atoms with Crippen molar-refractivity contribution in [2.24, 2.45) is 7.05 Å². The Hall–Kier alpha value is -3.67. The van der Waals surface area contributed by atoms with Gasteiger partial charge in [-0.05, 0) is 54.2 Å². The highest BCUT2D eigenvalue weighted by Crippen LogP contribution is 2.35. The number of halogens is 3. The predicted octanol–water partition coefficient (Wildman–Crippen LogP) is 4.53. The zero-order valence-corrected chi connectivity index (χ0v) is 18.6. The third kappa shape index (κ3) is 5.11. The number of alkyl halides is 3. The quantitative estimate of drug-likeness (QED) is 0.516. The first-order valence-electron chi connectivity index (χ1n) is 11.0. The molecule has 34 heavy (non-hydrogen) atoms. The van der Waals surface area contributed by atoms with Crippen LogP contribution in [0.5, 0.6) is 0 Å². The smallest absolute Gasteiger partial charge is 0.350 e. The van der Waals surface area contributed by atoms with Gasteiger partial charge in [0.25, 0.3) is 0 Å². The Balaban J connectivity index is 1.51. The van der Waals surface area contributed by atoms with E-state index in [4.69, 9.17) is 5.26 Å². The fourth-order valence-corrected chi connectivity index (χ4v) is 4.56. The zero-order chi connectivity index (χ0) is 24.5. The van der Waals surface area contributed by atoms with E-state index in [9.17, 15) is 22.8 Å². The number of pyridine rings is 1. The van der Waals surface area contributed by atoms with Crippen LogP contribution in [0.2, 0.25) is 0 Å². The minimum atomic E-state index is -4.50. The summed E-state index contributed by atoms with van der Waals surface area (Å²) >= 11 is 0. The first kappa shape index (κ1) is 23.5. The maximum absolute atomic E-state index is 12.7.